The van der Waals surface area contributed by atoms with Gasteiger partial charge in [0.2, 0.25) is 11.8 Å². The second-order valence-electron chi connectivity index (χ2n) is 7.20. The van der Waals surface area contributed by atoms with Crippen LogP contribution in [0, 0.1) is 12.7 Å². The number of amides is 2. The molecule has 3 aromatic rings. The molecule has 0 radical (unpaired) electrons. The van der Waals surface area contributed by atoms with Crippen LogP contribution in [-0.2, 0) is 9.59 Å². The fourth-order valence-electron chi connectivity index (χ4n) is 3.61. The Labute approximate surface area is 191 Å². The topological polar surface area (TPSA) is 75.2 Å². The number of benzene rings is 1. The molecule has 158 valence electrons. The number of fused-ring (bicyclic) bond motifs is 3. The lowest BCUT2D eigenvalue weighted by Gasteiger charge is -2.24. The Morgan fingerprint density at radius 3 is 2.84 bits per heavy atom. The van der Waals surface area contributed by atoms with Crippen molar-refractivity contribution < 1.29 is 14.0 Å². The molecule has 0 unspecified atom stereocenters. The average molecular weight is 504 g/mol. The van der Waals surface area contributed by atoms with E-state index < -0.39 is 17.6 Å². The number of hydrogen-bond donors (Lipinski definition) is 1. The van der Waals surface area contributed by atoms with Gasteiger partial charge in [0.25, 0.3) is 0 Å². The number of pyridine rings is 2. The number of carbonyl (C=O) groups excluding carboxylic acids is 2. The molecule has 1 aliphatic heterocycles. The Kier molecular flexibility index (Phi) is 5.77. The van der Waals surface area contributed by atoms with Gasteiger partial charge < -0.3 is 10.2 Å². The molecule has 0 bridgehead atoms. The summed E-state index contributed by atoms with van der Waals surface area (Å²) in [6, 6.07) is 9.61. The number of rotatable bonds is 3. The molecule has 1 aliphatic rings. The van der Waals surface area contributed by atoms with Gasteiger partial charge >= 0.3 is 0 Å². The Hall–Kier alpha value is -2.84. The first-order valence-corrected chi connectivity index (χ1v) is 10.6. The second kappa shape index (κ2) is 8.36. The molecule has 3 heterocycles. The Balaban J connectivity index is 1.76. The lowest BCUT2D eigenvalue weighted by molar-refractivity contribution is -0.122. The van der Waals surface area contributed by atoms with Gasteiger partial charge in [-0.3, -0.25) is 14.6 Å². The highest BCUT2D eigenvalue weighted by Gasteiger charge is 2.35. The maximum absolute atomic E-state index is 14.2. The maximum atomic E-state index is 14.2. The number of hydrogen-bond acceptors (Lipinski definition) is 4. The van der Waals surface area contributed by atoms with E-state index in [1.165, 1.54) is 17.0 Å². The van der Waals surface area contributed by atoms with Crippen LogP contribution in [0.15, 0.2) is 47.1 Å². The molecule has 0 saturated heterocycles. The Bertz CT molecular complexity index is 1220. The van der Waals surface area contributed by atoms with Crippen molar-refractivity contribution in [1.82, 2.24) is 9.97 Å². The van der Waals surface area contributed by atoms with E-state index in [0.29, 0.717) is 32.7 Å². The summed E-state index contributed by atoms with van der Waals surface area (Å²) in [5.41, 5.74) is 2.88. The summed E-state index contributed by atoms with van der Waals surface area (Å²) < 4.78 is 14.7. The molecule has 31 heavy (non-hydrogen) atoms. The Morgan fingerprint density at radius 1 is 1.32 bits per heavy atom. The van der Waals surface area contributed by atoms with Gasteiger partial charge in [0.05, 0.1) is 23.0 Å². The van der Waals surface area contributed by atoms with E-state index >= 15 is 0 Å². The van der Waals surface area contributed by atoms with Gasteiger partial charge in [0, 0.05) is 27.5 Å². The van der Waals surface area contributed by atoms with Crippen LogP contribution in [0.1, 0.15) is 24.2 Å². The number of nitrogens with one attached hydrogen (secondary N) is 1. The number of anilines is 2. The normalized spacial score (nSPS) is 15.2. The number of aromatic nitrogens is 2. The summed E-state index contributed by atoms with van der Waals surface area (Å²) in [6.45, 7) is 3.16. The van der Waals surface area contributed by atoms with Crippen LogP contribution in [-0.4, -0.2) is 28.3 Å². The van der Waals surface area contributed by atoms with E-state index in [0.717, 1.165) is 0 Å². The Morgan fingerprint density at radius 2 is 2.10 bits per heavy atom. The van der Waals surface area contributed by atoms with E-state index in [1.54, 1.807) is 38.2 Å². The van der Waals surface area contributed by atoms with E-state index in [4.69, 9.17) is 11.6 Å². The third-order valence-corrected chi connectivity index (χ3v) is 5.80. The quantitative estimate of drug-likeness (QED) is 0.505. The van der Waals surface area contributed by atoms with Crippen molar-refractivity contribution in [2.45, 2.75) is 19.8 Å². The van der Waals surface area contributed by atoms with Crippen LogP contribution < -0.4 is 10.2 Å². The predicted molar refractivity (Wildman–Crippen MR) is 121 cm³/mol. The summed E-state index contributed by atoms with van der Waals surface area (Å²) in [5, 5.41) is 2.75. The zero-order valence-electron chi connectivity index (χ0n) is 16.6. The van der Waals surface area contributed by atoms with Crippen molar-refractivity contribution in [1.29, 1.82) is 0 Å². The molecule has 0 saturated carbocycles. The van der Waals surface area contributed by atoms with E-state index in [-0.39, 0.29) is 23.3 Å². The van der Waals surface area contributed by atoms with Crippen molar-refractivity contribution in [3.05, 3.63) is 69.4 Å². The monoisotopic (exact) mass is 502 g/mol. The zero-order chi connectivity index (χ0) is 22.3. The van der Waals surface area contributed by atoms with Gasteiger partial charge in [-0.05, 0) is 44.2 Å². The maximum Gasteiger partial charge on any atom is 0.244 e. The highest BCUT2D eigenvalue weighted by atomic mass is 79.9. The molecule has 2 amide bonds. The third kappa shape index (κ3) is 4.05. The molecule has 2 aromatic heterocycles. The largest absolute Gasteiger partial charge is 0.322 e. The van der Waals surface area contributed by atoms with E-state index in [2.05, 4.69) is 31.2 Å². The lowest BCUT2D eigenvalue weighted by Crippen LogP contribution is -2.40. The summed E-state index contributed by atoms with van der Waals surface area (Å²) in [4.78, 5) is 36.2. The number of aryl methyl sites for hydroxylation is 1. The van der Waals surface area contributed by atoms with E-state index in [1.807, 2.05) is 6.07 Å². The standard InChI is InChI=1S/C22H17BrClFN4O2/c1-11-8-17-19(21(24)27-11)14-4-3-7-26-20(14)12(2)22(31)29(17)10-18(30)28-16-6-5-13(23)9-15(16)25/h3-9,12H,10H2,1-2H3,(H,28,30)/t12-/m0/s1. The minimum absolute atomic E-state index is 0.0256. The summed E-state index contributed by atoms with van der Waals surface area (Å²) in [7, 11) is 0. The zero-order valence-corrected chi connectivity index (χ0v) is 19.0. The van der Waals surface area contributed by atoms with Crippen LogP contribution in [0.3, 0.4) is 0 Å². The molecular weight excluding hydrogens is 487 g/mol. The first-order chi connectivity index (χ1) is 14.8. The van der Waals surface area contributed by atoms with Crippen molar-refractivity contribution in [2.75, 3.05) is 16.8 Å². The number of nitrogens with zero attached hydrogens (tertiary/aromatic N) is 3. The molecule has 1 aromatic carbocycles. The van der Waals surface area contributed by atoms with Crippen LogP contribution in [0.4, 0.5) is 15.8 Å². The van der Waals surface area contributed by atoms with Gasteiger partial charge in [-0.25, -0.2) is 9.37 Å². The summed E-state index contributed by atoms with van der Waals surface area (Å²) in [6.07, 6.45) is 1.61. The van der Waals surface area contributed by atoms with Gasteiger partial charge in [0.1, 0.15) is 17.5 Å². The first-order valence-electron chi connectivity index (χ1n) is 9.45. The summed E-state index contributed by atoms with van der Waals surface area (Å²) in [5.74, 6) is -2.06. The minimum Gasteiger partial charge on any atom is -0.322 e. The van der Waals surface area contributed by atoms with Crippen LogP contribution >= 0.6 is 27.5 Å². The van der Waals surface area contributed by atoms with E-state index in [9.17, 15) is 14.0 Å². The van der Waals surface area contributed by atoms with Crippen LogP contribution in [0.5, 0.6) is 0 Å². The van der Waals surface area contributed by atoms with Crippen molar-refractivity contribution >= 4 is 50.7 Å². The van der Waals surface area contributed by atoms with Crippen molar-refractivity contribution in [2.24, 2.45) is 0 Å². The molecule has 6 nitrogen and oxygen atoms in total. The number of carbonyl (C=O) groups is 2. The molecular formula is C22H17BrClFN4O2. The molecule has 1 atom stereocenters. The first kappa shape index (κ1) is 21.4. The lowest BCUT2D eigenvalue weighted by atomic mass is 9.98. The van der Waals surface area contributed by atoms with Gasteiger partial charge in [-0.1, -0.05) is 33.6 Å². The molecule has 0 spiro atoms. The highest BCUT2D eigenvalue weighted by molar-refractivity contribution is 9.10. The molecule has 9 heteroatoms. The average Bonchev–Trinajstić information content (AvgIpc) is 2.80. The molecule has 0 aliphatic carbocycles. The van der Waals surface area contributed by atoms with Gasteiger partial charge in [0.15, 0.2) is 0 Å². The van der Waals surface area contributed by atoms with Crippen LogP contribution in [0.25, 0.3) is 11.1 Å². The minimum atomic E-state index is -0.614. The van der Waals surface area contributed by atoms with Crippen molar-refractivity contribution in [3.63, 3.8) is 0 Å². The third-order valence-electron chi connectivity index (χ3n) is 5.03. The second-order valence-corrected chi connectivity index (χ2v) is 8.48. The predicted octanol–water partition coefficient (Wildman–Crippen LogP) is 5.10. The molecule has 0 fully saturated rings. The van der Waals surface area contributed by atoms with Crippen molar-refractivity contribution in [3.8, 4) is 11.1 Å². The summed E-state index contributed by atoms with van der Waals surface area (Å²) >= 11 is 9.66. The van der Waals surface area contributed by atoms with Gasteiger partial charge in [-0.15, -0.1) is 0 Å². The smallest absolute Gasteiger partial charge is 0.244 e. The SMILES string of the molecule is Cc1cc2c(c(Cl)n1)-c1cccnc1[C@H](C)C(=O)N2CC(=O)Nc1ccc(Br)cc1F. The fourth-order valence-corrected chi connectivity index (χ4v) is 4.28. The van der Waals surface area contributed by atoms with Crippen LogP contribution in [0.2, 0.25) is 5.15 Å². The molecule has 1 N–H and O–H groups in total. The highest BCUT2D eigenvalue weighted by Crippen LogP contribution is 2.43. The number of halogens is 3. The fraction of sp³-hybridized carbons (Fsp3) is 0.182. The van der Waals surface area contributed by atoms with Gasteiger partial charge in [-0.2, -0.15) is 0 Å². The molecule has 4 rings (SSSR count).